The molecular weight excluding hydrogens is 158 g/mol. The van der Waals surface area contributed by atoms with Crippen LogP contribution in [0.1, 0.15) is 31.4 Å². The zero-order valence-corrected chi connectivity index (χ0v) is 9.02. The van der Waals surface area contributed by atoms with Crippen LogP contribution in [-0.4, -0.2) is 6.04 Å². The van der Waals surface area contributed by atoms with Crippen molar-refractivity contribution in [1.29, 1.82) is 0 Å². The minimum atomic E-state index is 0.557. The molecule has 0 saturated heterocycles. The van der Waals surface area contributed by atoms with Gasteiger partial charge < -0.3 is 5.32 Å². The molecule has 0 bridgehead atoms. The second kappa shape index (κ2) is 4.31. The number of aryl methyl sites for hydroxylation is 2. The summed E-state index contributed by atoms with van der Waals surface area (Å²) in [5, 5.41) is 3.47. The van der Waals surface area contributed by atoms with Crippen molar-refractivity contribution in [3.63, 3.8) is 0 Å². The monoisotopic (exact) mass is 177 g/mol. The first kappa shape index (κ1) is 10.1. The molecule has 0 amide bonds. The number of hydrogen-bond acceptors (Lipinski definition) is 1. The fraction of sp³-hybridized carbons (Fsp3) is 0.500. The van der Waals surface area contributed by atoms with E-state index in [-0.39, 0.29) is 0 Å². The fourth-order valence-electron chi connectivity index (χ4n) is 1.44. The van der Waals surface area contributed by atoms with Gasteiger partial charge in [-0.25, -0.2) is 0 Å². The minimum absolute atomic E-state index is 0.557. The Bertz CT molecular complexity index is 258. The summed E-state index contributed by atoms with van der Waals surface area (Å²) in [5.41, 5.74) is 3.89. The van der Waals surface area contributed by atoms with Crippen molar-refractivity contribution in [1.82, 2.24) is 0 Å². The third-order valence-corrected chi connectivity index (χ3v) is 2.25. The van der Waals surface area contributed by atoms with Gasteiger partial charge in [-0.15, -0.1) is 0 Å². The van der Waals surface area contributed by atoms with Crippen LogP contribution in [0.25, 0.3) is 0 Å². The molecule has 0 heterocycles. The standard InChI is InChI=1S/C12H19N/c1-5-11(4)13-12-7-9(2)6-10(3)8-12/h6-8,11,13H,5H2,1-4H3/t11-/m1/s1. The molecular formula is C12H19N. The molecule has 0 saturated carbocycles. The topological polar surface area (TPSA) is 12.0 Å². The van der Waals surface area contributed by atoms with Gasteiger partial charge in [0.2, 0.25) is 0 Å². The zero-order chi connectivity index (χ0) is 9.84. The van der Waals surface area contributed by atoms with Gasteiger partial charge >= 0.3 is 0 Å². The molecule has 0 unspecified atom stereocenters. The molecule has 0 aliphatic heterocycles. The molecule has 1 aromatic carbocycles. The molecule has 0 radical (unpaired) electrons. The van der Waals surface area contributed by atoms with E-state index in [9.17, 15) is 0 Å². The molecule has 1 nitrogen and oxygen atoms in total. The Hall–Kier alpha value is -0.980. The number of nitrogens with one attached hydrogen (secondary N) is 1. The highest BCUT2D eigenvalue weighted by molar-refractivity contribution is 5.48. The third kappa shape index (κ3) is 3.10. The van der Waals surface area contributed by atoms with Gasteiger partial charge in [-0.3, -0.25) is 0 Å². The lowest BCUT2D eigenvalue weighted by Crippen LogP contribution is -2.13. The SMILES string of the molecule is CC[C@@H](C)Nc1cc(C)cc(C)c1. The molecule has 72 valence electrons. The second-order valence-electron chi connectivity index (χ2n) is 3.83. The summed E-state index contributed by atoms with van der Waals surface area (Å²) in [4.78, 5) is 0. The van der Waals surface area contributed by atoms with Gasteiger partial charge in [-0.2, -0.15) is 0 Å². The fourth-order valence-corrected chi connectivity index (χ4v) is 1.44. The summed E-state index contributed by atoms with van der Waals surface area (Å²) in [6.45, 7) is 8.67. The van der Waals surface area contributed by atoms with E-state index in [2.05, 4.69) is 51.2 Å². The molecule has 0 aliphatic rings. The van der Waals surface area contributed by atoms with E-state index in [0.717, 1.165) is 6.42 Å². The van der Waals surface area contributed by atoms with Crippen molar-refractivity contribution >= 4 is 5.69 Å². The number of benzene rings is 1. The Morgan fingerprint density at radius 2 is 1.69 bits per heavy atom. The summed E-state index contributed by atoms with van der Waals surface area (Å²) >= 11 is 0. The van der Waals surface area contributed by atoms with Crippen molar-refractivity contribution in [2.45, 2.75) is 40.2 Å². The smallest absolute Gasteiger partial charge is 0.0347 e. The zero-order valence-electron chi connectivity index (χ0n) is 9.02. The van der Waals surface area contributed by atoms with Crippen LogP contribution in [0.4, 0.5) is 5.69 Å². The van der Waals surface area contributed by atoms with Gasteiger partial charge in [-0.1, -0.05) is 13.0 Å². The third-order valence-electron chi connectivity index (χ3n) is 2.25. The average Bonchev–Trinajstić information content (AvgIpc) is 2.02. The van der Waals surface area contributed by atoms with Gasteiger partial charge in [0.15, 0.2) is 0 Å². The molecule has 1 N–H and O–H groups in total. The van der Waals surface area contributed by atoms with Crippen molar-refractivity contribution in [2.24, 2.45) is 0 Å². The maximum absolute atomic E-state index is 3.47. The molecule has 0 fully saturated rings. The predicted molar refractivity (Wildman–Crippen MR) is 59.3 cm³/mol. The van der Waals surface area contributed by atoms with Crippen molar-refractivity contribution in [3.05, 3.63) is 29.3 Å². The quantitative estimate of drug-likeness (QED) is 0.745. The van der Waals surface area contributed by atoms with Crippen molar-refractivity contribution in [2.75, 3.05) is 5.32 Å². The van der Waals surface area contributed by atoms with E-state index in [4.69, 9.17) is 0 Å². The van der Waals surface area contributed by atoms with E-state index in [1.165, 1.54) is 16.8 Å². The van der Waals surface area contributed by atoms with Gasteiger partial charge in [0.25, 0.3) is 0 Å². The Balaban J connectivity index is 2.77. The van der Waals surface area contributed by atoms with Crippen molar-refractivity contribution in [3.8, 4) is 0 Å². The van der Waals surface area contributed by atoms with Gasteiger partial charge in [-0.05, 0) is 50.5 Å². The highest BCUT2D eigenvalue weighted by Crippen LogP contribution is 2.15. The molecule has 1 heteroatoms. The first-order valence-electron chi connectivity index (χ1n) is 4.96. The summed E-state index contributed by atoms with van der Waals surface area (Å²) in [6.07, 6.45) is 1.16. The van der Waals surface area contributed by atoms with E-state index in [1.807, 2.05) is 0 Å². The summed E-state index contributed by atoms with van der Waals surface area (Å²) < 4.78 is 0. The molecule has 1 rings (SSSR count). The number of hydrogen-bond donors (Lipinski definition) is 1. The van der Waals surface area contributed by atoms with Crippen LogP contribution in [-0.2, 0) is 0 Å². The first-order valence-corrected chi connectivity index (χ1v) is 4.96. The maximum Gasteiger partial charge on any atom is 0.0347 e. The highest BCUT2D eigenvalue weighted by Gasteiger charge is 1.99. The van der Waals surface area contributed by atoms with Crippen LogP contribution in [0.5, 0.6) is 0 Å². The van der Waals surface area contributed by atoms with E-state index in [0.29, 0.717) is 6.04 Å². The molecule has 0 aromatic heterocycles. The van der Waals surface area contributed by atoms with Gasteiger partial charge in [0.05, 0.1) is 0 Å². The molecule has 1 aromatic rings. The van der Waals surface area contributed by atoms with E-state index < -0.39 is 0 Å². The Morgan fingerprint density at radius 1 is 1.15 bits per heavy atom. The average molecular weight is 177 g/mol. The van der Waals surface area contributed by atoms with Gasteiger partial charge in [0.1, 0.15) is 0 Å². The van der Waals surface area contributed by atoms with Crippen LogP contribution < -0.4 is 5.32 Å². The maximum atomic E-state index is 3.47. The van der Waals surface area contributed by atoms with Crippen LogP contribution >= 0.6 is 0 Å². The van der Waals surface area contributed by atoms with E-state index in [1.54, 1.807) is 0 Å². The minimum Gasteiger partial charge on any atom is -0.383 e. The lowest BCUT2D eigenvalue weighted by molar-refractivity contribution is 0.764. The Morgan fingerprint density at radius 3 is 2.15 bits per heavy atom. The summed E-state index contributed by atoms with van der Waals surface area (Å²) in [7, 11) is 0. The summed E-state index contributed by atoms with van der Waals surface area (Å²) in [6, 6.07) is 7.14. The van der Waals surface area contributed by atoms with Crippen molar-refractivity contribution < 1.29 is 0 Å². The normalized spacial score (nSPS) is 12.6. The molecule has 0 spiro atoms. The highest BCUT2D eigenvalue weighted by atomic mass is 14.9. The van der Waals surface area contributed by atoms with Crippen LogP contribution in [0.3, 0.4) is 0 Å². The molecule has 1 atom stereocenters. The largest absolute Gasteiger partial charge is 0.383 e. The number of rotatable bonds is 3. The van der Waals surface area contributed by atoms with Crippen LogP contribution in [0.15, 0.2) is 18.2 Å². The van der Waals surface area contributed by atoms with Crippen LogP contribution in [0, 0.1) is 13.8 Å². The Kier molecular flexibility index (Phi) is 3.35. The lowest BCUT2D eigenvalue weighted by Gasteiger charge is -2.14. The summed E-state index contributed by atoms with van der Waals surface area (Å²) in [5.74, 6) is 0. The predicted octanol–water partition coefficient (Wildman–Crippen LogP) is 3.51. The Labute approximate surface area is 81.2 Å². The second-order valence-corrected chi connectivity index (χ2v) is 3.83. The molecule has 0 aliphatic carbocycles. The first-order chi connectivity index (χ1) is 6.11. The lowest BCUT2D eigenvalue weighted by atomic mass is 10.1. The number of anilines is 1. The van der Waals surface area contributed by atoms with E-state index >= 15 is 0 Å². The molecule has 13 heavy (non-hydrogen) atoms. The van der Waals surface area contributed by atoms with Gasteiger partial charge in [0, 0.05) is 11.7 Å². The van der Waals surface area contributed by atoms with Crippen LogP contribution in [0.2, 0.25) is 0 Å².